The maximum Gasteiger partial charge on any atom is 0.289 e. The third kappa shape index (κ3) is 2.90. The van der Waals surface area contributed by atoms with Crippen LogP contribution in [0.25, 0.3) is 21.3 Å². The second-order valence-corrected chi connectivity index (χ2v) is 7.09. The Balaban J connectivity index is 1.73. The largest absolute Gasteiger partial charge is 0.397 e. The van der Waals surface area contributed by atoms with Gasteiger partial charge in [-0.25, -0.2) is 4.98 Å². The number of nitrogens with two attached hydrogens (primary N) is 2. The number of H-pyrrole nitrogens is 1. The van der Waals surface area contributed by atoms with Gasteiger partial charge in [0.25, 0.3) is 5.82 Å². The number of fused-ring (bicyclic) bond motifs is 1. The molecule has 4 aromatic rings. The second kappa shape index (κ2) is 6.56. The quantitative estimate of drug-likeness (QED) is 0.536. The summed E-state index contributed by atoms with van der Waals surface area (Å²) in [5, 5.41) is 9.76. The van der Waals surface area contributed by atoms with Crippen LogP contribution < -0.4 is 16.5 Å². The molecule has 0 saturated carbocycles. The van der Waals surface area contributed by atoms with Gasteiger partial charge in [-0.2, -0.15) is 5.26 Å². The molecule has 0 unspecified atom stereocenters. The summed E-state index contributed by atoms with van der Waals surface area (Å²) in [7, 11) is 0. The number of nitrogens with zero attached hydrogens (tertiary/aromatic N) is 1. The average molecular weight is 371 g/mol. The molecule has 0 fully saturated rings. The predicted octanol–water partition coefficient (Wildman–Crippen LogP) is 3.65. The van der Waals surface area contributed by atoms with Gasteiger partial charge in [-0.05, 0) is 17.2 Å². The van der Waals surface area contributed by atoms with E-state index in [1.807, 2.05) is 48.5 Å². The van der Waals surface area contributed by atoms with Gasteiger partial charge in [0.2, 0.25) is 5.78 Å². The Hall–Kier alpha value is -3.69. The molecule has 0 bridgehead atoms. The van der Waals surface area contributed by atoms with Crippen LogP contribution in [-0.2, 0) is 0 Å². The van der Waals surface area contributed by atoms with E-state index in [-0.39, 0.29) is 11.6 Å². The number of nitriles is 1. The molecule has 2 aromatic heterocycles. The van der Waals surface area contributed by atoms with Crippen LogP contribution in [0.3, 0.4) is 0 Å². The average Bonchev–Trinajstić information content (AvgIpc) is 3.03. The first-order valence-electron chi connectivity index (χ1n) is 8.22. The number of hydrogen-bond donors (Lipinski definition) is 2. The molecule has 0 aliphatic carbocycles. The fourth-order valence-electron chi connectivity index (χ4n) is 2.94. The predicted molar refractivity (Wildman–Crippen MR) is 107 cm³/mol. The number of carbonyl (C=O) groups is 1. The molecular weight excluding hydrogens is 356 g/mol. The topological polar surface area (TPSA) is 107 Å². The smallest absolute Gasteiger partial charge is 0.289 e. The minimum atomic E-state index is -0.154. The molecule has 4 rings (SSSR count). The van der Waals surface area contributed by atoms with Crippen LogP contribution in [0.2, 0.25) is 0 Å². The lowest BCUT2D eigenvalue weighted by molar-refractivity contribution is -0.323. The van der Waals surface area contributed by atoms with Crippen molar-refractivity contribution in [2.75, 3.05) is 11.5 Å². The summed E-state index contributed by atoms with van der Waals surface area (Å²) in [4.78, 5) is 17.0. The fraction of sp³-hybridized carbons (Fsp3) is 0. The molecule has 0 spiro atoms. The number of ketones is 1. The van der Waals surface area contributed by atoms with E-state index in [2.05, 4.69) is 4.98 Å². The van der Waals surface area contributed by atoms with Gasteiger partial charge in [0.05, 0.1) is 11.1 Å². The highest BCUT2D eigenvalue weighted by atomic mass is 32.1. The normalized spacial score (nSPS) is 10.6. The third-order valence-corrected chi connectivity index (χ3v) is 5.53. The SMILES string of the molecule is N#Cc1cc2c(N)c(C(=O)c3ccc(-c4ccccc4)cc3)sc2[nH+]c1N. The van der Waals surface area contributed by atoms with E-state index in [4.69, 9.17) is 16.7 Å². The number of aromatic nitrogens is 1. The third-order valence-electron chi connectivity index (χ3n) is 4.39. The Morgan fingerprint density at radius 2 is 1.67 bits per heavy atom. The first-order chi connectivity index (χ1) is 13.1. The molecule has 5 N–H and O–H groups in total. The number of carbonyl (C=O) groups excluding carboxylic acids is 1. The van der Waals surface area contributed by atoms with Gasteiger partial charge in [0, 0.05) is 5.56 Å². The Bertz CT molecular complexity index is 1210. The van der Waals surface area contributed by atoms with Crippen LogP contribution in [0.4, 0.5) is 11.5 Å². The number of nitrogen functional groups attached to an aromatic ring is 2. The lowest BCUT2D eigenvalue weighted by Crippen LogP contribution is -2.11. The van der Waals surface area contributed by atoms with E-state index in [0.29, 0.717) is 31.9 Å². The van der Waals surface area contributed by atoms with Crippen LogP contribution in [0.15, 0.2) is 60.7 Å². The monoisotopic (exact) mass is 371 g/mol. The molecule has 0 amide bonds. The van der Waals surface area contributed by atoms with Crippen LogP contribution in [0.1, 0.15) is 20.8 Å². The van der Waals surface area contributed by atoms with Gasteiger partial charge < -0.3 is 5.73 Å². The van der Waals surface area contributed by atoms with Gasteiger partial charge in [0.15, 0.2) is 4.83 Å². The molecule has 0 aliphatic rings. The molecule has 130 valence electrons. The summed E-state index contributed by atoms with van der Waals surface area (Å²) in [5.74, 6) is 0.108. The number of pyridine rings is 1. The summed E-state index contributed by atoms with van der Waals surface area (Å²) in [6.45, 7) is 0. The Kier molecular flexibility index (Phi) is 4.07. The number of thiophene rings is 1. The van der Waals surface area contributed by atoms with Crippen LogP contribution >= 0.6 is 11.3 Å². The highest BCUT2D eigenvalue weighted by Gasteiger charge is 2.21. The van der Waals surface area contributed by atoms with Crippen LogP contribution in [-0.4, -0.2) is 5.78 Å². The van der Waals surface area contributed by atoms with E-state index < -0.39 is 0 Å². The second-order valence-electron chi connectivity index (χ2n) is 6.07. The standard InChI is InChI=1S/C21H14N4OS/c22-11-15-10-16-17(23)19(27-21(16)25-20(15)24)18(26)14-8-6-13(7-9-14)12-4-2-1-3-5-12/h1-10H,23H2,(H2,24,25)/p+1. The zero-order valence-corrected chi connectivity index (χ0v) is 15.0. The van der Waals surface area contributed by atoms with Crippen molar-refractivity contribution < 1.29 is 9.78 Å². The number of anilines is 2. The highest BCUT2D eigenvalue weighted by Crippen LogP contribution is 2.34. The minimum absolute atomic E-state index is 0.154. The van der Waals surface area contributed by atoms with Crippen molar-refractivity contribution in [1.29, 1.82) is 5.26 Å². The Morgan fingerprint density at radius 3 is 2.33 bits per heavy atom. The van der Waals surface area contributed by atoms with Gasteiger partial charge in [-0.3, -0.25) is 10.5 Å². The van der Waals surface area contributed by atoms with Crippen LogP contribution in [0, 0.1) is 11.3 Å². The lowest BCUT2D eigenvalue weighted by Gasteiger charge is -2.04. The van der Waals surface area contributed by atoms with Gasteiger partial charge in [-0.15, -0.1) is 0 Å². The van der Waals surface area contributed by atoms with Gasteiger partial charge >= 0.3 is 0 Å². The van der Waals surface area contributed by atoms with Crippen molar-refractivity contribution in [1.82, 2.24) is 0 Å². The van der Waals surface area contributed by atoms with Gasteiger partial charge in [-0.1, -0.05) is 65.9 Å². The van der Waals surface area contributed by atoms with E-state index in [9.17, 15) is 4.79 Å². The van der Waals surface area contributed by atoms with Crippen molar-refractivity contribution in [3.05, 3.63) is 76.7 Å². The van der Waals surface area contributed by atoms with Gasteiger partial charge in [0.1, 0.15) is 16.5 Å². The molecule has 0 atom stereocenters. The van der Waals surface area contributed by atoms with Crippen molar-refractivity contribution >= 4 is 38.8 Å². The minimum Gasteiger partial charge on any atom is -0.397 e. The molecule has 2 aromatic carbocycles. The molecule has 6 heteroatoms. The number of nitrogens with one attached hydrogen (secondary N) is 1. The number of benzene rings is 2. The Morgan fingerprint density at radius 1 is 1.00 bits per heavy atom. The molecule has 2 heterocycles. The molecule has 5 nitrogen and oxygen atoms in total. The van der Waals surface area contributed by atoms with E-state index >= 15 is 0 Å². The van der Waals surface area contributed by atoms with Crippen molar-refractivity contribution in [2.45, 2.75) is 0 Å². The molecular formula is C21H15N4OS+. The van der Waals surface area contributed by atoms with E-state index in [1.165, 1.54) is 11.3 Å². The molecule has 0 aliphatic heterocycles. The van der Waals surface area contributed by atoms with Crippen molar-refractivity contribution in [3.63, 3.8) is 0 Å². The first kappa shape index (κ1) is 16.8. The number of hydrogen-bond acceptors (Lipinski definition) is 5. The first-order valence-corrected chi connectivity index (χ1v) is 9.04. The lowest BCUT2D eigenvalue weighted by atomic mass is 10.0. The maximum absolute atomic E-state index is 12.9. The summed E-state index contributed by atoms with van der Waals surface area (Å²) in [5.41, 5.74) is 15.4. The maximum atomic E-state index is 12.9. The zero-order valence-electron chi connectivity index (χ0n) is 14.2. The van der Waals surface area contributed by atoms with E-state index in [1.54, 1.807) is 18.2 Å². The highest BCUT2D eigenvalue weighted by molar-refractivity contribution is 7.21. The zero-order chi connectivity index (χ0) is 19.0. The number of aromatic amines is 1. The van der Waals surface area contributed by atoms with Crippen LogP contribution in [0.5, 0.6) is 0 Å². The summed E-state index contributed by atoms with van der Waals surface area (Å²) in [6.07, 6.45) is 0. The fourth-order valence-corrected chi connectivity index (χ4v) is 4.02. The summed E-state index contributed by atoms with van der Waals surface area (Å²) < 4.78 is 0. The number of rotatable bonds is 3. The summed E-state index contributed by atoms with van der Waals surface area (Å²) >= 11 is 1.24. The summed E-state index contributed by atoms with van der Waals surface area (Å²) in [6, 6.07) is 21.0. The molecule has 27 heavy (non-hydrogen) atoms. The molecule has 0 saturated heterocycles. The molecule has 0 radical (unpaired) electrons. The van der Waals surface area contributed by atoms with Crippen molar-refractivity contribution in [3.8, 4) is 17.2 Å². The van der Waals surface area contributed by atoms with E-state index in [0.717, 1.165) is 11.1 Å². The van der Waals surface area contributed by atoms with Crippen molar-refractivity contribution in [2.24, 2.45) is 0 Å². The Labute approximate surface area is 159 Å².